The summed E-state index contributed by atoms with van der Waals surface area (Å²) in [6, 6.07) is 1.43. The van der Waals surface area contributed by atoms with E-state index in [2.05, 4.69) is 10.3 Å². The highest BCUT2D eigenvalue weighted by molar-refractivity contribution is 5.72. The largest absolute Gasteiger partial charge is 0.481 e. The maximum atomic E-state index is 13.6. The molecule has 0 aliphatic rings. The first-order chi connectivity index (χ1) is 9.19. The minimum absolute atomic E-state index is 0.138. The average Bonchev–Trinajstić information content (AvgIpc) is 2.25. The fourth-order valence-corrected chi connectivity index (χ4v) is 1.49. The normalized spacial score (nSPS) is 12.6. The van der Waals surface area contributed by atoms with Crippen molar-refractivity contribution >= 4 is 12.1 Å². The Morgan fingerprint density at radius 3 is 2.65 bits per heavy atom. The van der Waals surface area contributed by atoms with Gasteiger partial charge in [0.15, 0.2) is 0 Å². The number of nitrogens with zero attached hydrogens (tertiary/aromatic N) is 1. The lowest BCUT2D eigenvalue weighted by Crippen LogP contribution is -2.36. The Hall–Kier alpha value is -2.18. The van der Waals surface area contributed by atoms with Gasteiger partial charge in [-0.2, -0.15) is 0 Å². The molecule has 0 aliphatic carbocycles. The molecule has 6 nitrogen and oxygen atoms in total. The van der Waals surface area contributed by atoms with E-state index < -0.39 is 35.9 Å². The average molecular weight is 284 g/mol. The summed E-state index contributed by atoms with van der Waals surface area (Å²) in [5.41, 5.74) is -0.874. The van der Waals surface area contributed by atoms with Crippen LogP contribution < -0.4 is 5.32 Å². The predicted octanol–water partition coefficient (Wildman–Crippen LogP) is 2.26. The van der Waals surface area contributed by atoms with Crippen LogP contribution in [-0.2, 0) is 9.53 Å². The first-order valence-corrected chi connectivity index (χ1v) is 6.01. The molecule has 0 aliphatic heterocycles. The quantitative estimate of drug-likeness (QED) is 0.885. The molecule has 0 unspecified atom stereocenters. The van der Waals surface area contributed by atoms with Crippen LogP contribution in [0, 0.1) is 5.82 Å². The van der Waals surface area contributed by atoms with Crippen LogP contribution in [-0.4, -0.2) is 27.8 Å². The summed E-state index contributed by atoms with van der Waals surface area (Å²) in [6.45, 7) is 5.00. The van der Waals surface area contributed by atoms with Crippen LogP contribution in [0.4, 0.5) is 9.18 Å². The van der Waals surface area contributed by atoms with Crippen LogP contribution in [0.5, 0.6) is 0 Å². The van der Waals surface area contributed by atoms with Gasteiger partial charge in [0.05, 0.1) is 18.2 Å². The number of halogens is 1. The zero-order chi connectivity index (χ0) is 15.3. The van der Waals surface area contributed by atoms with Gasteiger partial charge in [0.25, 0.3) is 0 Å². The molecule has 0 radical (unpaired) electrons. The Kier molecular flexibility index (Phi) is 5.01. The highest BCUT2D eigenvalue weighted by Crippen LogP contribution is 2.18. The lowest BCUT2D eigenvalue weighted by molar-refractivity contribution is -0.137. The van der Waals surface area contributed by atoms with Gasteiger partial charge in [-0.05, 0) is 32.9 Å². The summed E-state index contributed by atoms with van der Waals surface area (Å²) in [4.78, 5) is 26.3. The van der Waals surface area contributed by atoms with E-state index in [4.69, 9.17) is 9.84 Å². The van der Waals surface area contributed by atoms with Crippen molar-refractivity contribution in [3.63, 3.8) is 0 Å². The Morgan fingerprint density at radius 2 is 2.15 bits per heavy atom. The number of nitrogens with one attached hydrogen (secondary N) is 1. The summed E-state index contributed by atoms with van der Waals surface area (Å²) >= 11 is 0. The molecule has 1 rings (SSSR count). The third kappa shape index (κ3) is 5.21. The Morgan fingerprint density at radius 1 is 1.50 bits per heavy atom. The molecular weight excluding hydrogens is 267 g/mol. The molecule has 0 spiro atoms. The predicted molar refractivity (Wildman–Crippen MR) is 68.6 cm³/mol. The van der Waals surface area contributed by atoms with E-state index >= 15 is 0 Å². The minimum Gasteiger partial charge on any atom is -0.481 e. The van der Waals surface area contributed by atoms with Gasteiger partial charge in [-0.1, -0.05) is 0 Å². The fraction of sp³-hybridized carbons (Fsp3) is 0.462. The zero-order valence-electron chi connectivity index (χ0n) is 11.5. The molecule has 7 heteroatoms. The van der Waals surface area contributed by atoms with Gasteiger partial charge in [0.1, 0.15) is 11.4 Å². The van der Waals surface area contributed by atoms with Crippen molar-refractivity contribution in [3.05, 3.63) is 29.8 Å². The molecule has 1 aromatic heterocycles. The van der Waals surface area contributed by atoms with E-state index in [0.717, 1.165) is 6.07 Å². The Labute approximate surface area is 116 Å². The lowest BCUT2D eigenvalue weighted by Gasteiger charge is -2.22. The standard InChI is InChI=1S/C13H17FN2O4/c1-13(2,3)20-12(19)16-9(7-10(17)18)11-8(14)5-4-6-15-11/h4-6,9H,7H2,1-3H3,(H,16,19)(H,17,18)/t9-/m1/s1. The number of carboxylic acids is 1. The summed E-state index contributed by atoms with van der Waals surface area (Å²) in [6.07, 6.45) is 0.00538. The minimum atomic E-state index is -1.18. The summed E-state index contributed by atoms with van der Waals surface area (Å²) in [5.74, 6) is -1.87. The van der Waals surface area contributed by atoms with Gasteiger partial charge in [-0.25, -0.2) is 9.18 Å². The van der Waals surface area contributed by atoms with Gasteiger partial charge in [0, 0.05) is 6.20 Å². The van der Waals surface area contributed by atoms with E-state index in [0.29, 0.717) is 0 Å². The Balaban J connectivity index is 2.88. The van der Waals surface area contributed by atoms with Crippen molar-refractivity contribution in [2.75, 3.05) is 0 Å². The second-order valence-corrected chi connectivity index (χ2v) is 5.17. The van der Waals surface area contributed by atoms with Crippen LogP contribution >= 0.6 is 0 Å². The van der Waals surface area contributed by atoms with E-state index in [1.807, 2.05) is 0 Å². The number of aliphatic carboxylic acids is 1. The Bertz CT molecular complexity index is 499. The highest BCUT2D eigenvalue weighted by Gasteiger charge is 2.25. The van der Waals surface area contributed by atoms with Gasteiger partial charge < -0.3 is 15.2 Å². The molecular formula is C13H17FN2O4. The fourth-order valence-electron chi connectivity index (χ4n) is 1.49. The molecule has 1 atom stereocenters. The number of hydrogen-bond donors (Lipinski definition) is 2. The van der Waals surface area contributed by atoms with Crippen LogP contribution in [0.3, 0.4) is 0 Å². The zero-order valence-corrected chi connectivity index (χ0v) is 11.5. The number of carbonyl (C=O) groups is 2. The number of aromatic nitrogens is 1. The maximum Gasteiger partial charge on any atom is 0.408 e. The third-order valence-corrected chi connectivity index (χ3v) is 2.19. The molecule has 0 aromatic carbocycles. The number of amides is 1. The van der Waals surface area contributed by atoms with Gasteiger partial charge in [-0.3, -0.25) is 9.78 Å². The maximum absolute atomic E-state index is 13.6. The van der Waals surface area contributed by atoms with E-state index in [1.165, 1.54) is 12.3 Å². The topological polar surface area (TPSA) is 88.5 Å². The van der Waals surface area contributed by atoms with Gasteiger partial charge >= 0.3 is 12.1 Å². The van der Waals surface area contributed by atoms with Gasteiger partial charge in [0.2, 0.25) is 0 Å². The molecule has 1 amide bonds. The lowest BCUT2D eigenvalue weighted by atomic mass is 10.1. The van der Waals surface area contributed by atoms with Crippen molar-refractivity contribution in [3.8, 4) is 0 Å². The molecule has 20 heavy (non-hydrogen) atoms. The molecule has 1 heterocycles. The van der Waals surface area contributed by atoms with Crippen molar-refractivity contribution in [1.29, 1.82) is 0 Å². The smallest absolute Gasteiger partial charge is 0.408 e. The molecule has 110 valence electrons. The van der Waals surface area contributed by atoms with Crippen molar-refractivity contribution in [1.82, 2.24) is 10.3 Å². The molecule has 0 bridgehead atoms. The highest BCUT2D eigenvalue weighted by atomic mass is 19.1. The number of hydrogen-bond acceptors (Lipinski definition) is 4. The molecule has 0 saturated carbocycles. The van der Waals surface area contributed by atoms with E-state index in [9.17, 15) is 14.0 Å². The van der Waals surface area contributed by atoms with Crippen LogP contribution in [0.25, 0.3) is 0 Å². The number of ether oxygens (including phenoxy) is 1. The number of alkyl carbamates (subject to hydrolysis) is 1. The number of rotatable bonds is 4. The van der Waals surface area contributed by atoms with E-state index in [-0.39, 0.29) is 5.69 Å². The van der Waals surface area contributed by atoms with Crippen molar-refractivity contribution in [2.24, 2.45) is 0 Å². The summed E-state index contributed by atoms with van der Waals surface area (Å²) < 4.78 is 18.6. The summed E-state index contributed by atoms with van der Waals surface area (Å²) in [7, 11) is 0. The molecule has 0 saturated heterocycles. The SMILES string of the molecule is CC(C)(C)OC(=O)N[C@H](CC(=O)O)c1ncccc1F. The molecule has 0 fully saturated rings. The van der Waals surface area contributed by atoms with Crippen molar-refractivity contribution in [2.45, 2.75) is 38.8 Å². The van der Waals surface area contributed by atoms with Crippen LogP contribution in [0.15, 0.2) is 18.3 Å². The first kappa shape index (κ1) is 15.9. The van der Waals surface area contributed by atoms with Crippen LogP contribution in [0.1, 0.15) is 38.9 Å². The second-order valence-electron chi connectivity index (χ2n) is 5.17. The molecule has 2 N–H and O–H groups in total. The number of pyridine rings is 1. The van der Waals surface area contributed by atoms with E-state index in [1.54, 1.807) is 20.8 Å². The van der Waals surface area contributed by atoms with Crippen molar-refractivity contribution < 1.29 is 23.8 Å². The third-order valence-electron chi connectivity index (χ3n) is 2.19. The monoisotopic (exact) mass is 284 g/mol. The van der Waals surface area contributed by atoms with Gasteiger partial charge in [-0.15, -0.1) is 0 Å². The second kappa shape index (κ2) is 6.31. The first-order valence-electron chi connectivity index (χ1n) is 6.01. The summed E-state index contributed by atoms with van der Waals surface area (Å²) in [5, 5.41) is 11.2. The molecule has 1 aromatic rings. The number of carbonyl (C=O) groups excluding carboxylic acids is 1. The van der Waals surface area contributed by atoms with Crippen LogP contribution in [0.2, 0.25) is 0 Å². The number of carboxylic acid groups (broad SMARTS) is 1.